The first-order valence-corrected chi connectivity index (χ1v) is 8.80. The molecule has 0 unspecified atom stereocenters. The van der Waals surface area contributed by atoms with E-state index in [0.717, 1.165) is 0 Å². The molecule has 3 N–H and O–H groups in total. The van der Waals surface area contributed by atoms with Gasteiger partial charge in [-0.2, -0.15) is 4.98 Å². The molecule has 10 nitrogen and oxygen atoms in total. The second kappa shape index (κ2) is 7.33. The largest absolute Gasteiger partial charge is 0.395 e. The van der Waals surface area contributed by atoms with Gasteiger partial charge in [0.1, 0.15) is 11.2 Å². The number of ether oxygens (including phenoxy) is 1. The predicted octanol–water partition coefficient (Wildman–Crippen LogP) is 0.369. The van der Waals surface area contributed by atoms with Crippen molar-refractivity contribution in [1.82, 2.24) is 24.1 Å². The van der Waals surface area contributed by atoms with E-state index in [2.05, 4.69) is 20.3 Å². The van der Waals surface area contributed by atoms with Crippen LogP contribution in [-0.4, -0.2) is 49.0 Å². The molecule has 0 spiro atoms. The Morgan fingerprint density at radius 1 is 1.33 bits per heavy atom. The lowest BCUT2D eigenvalue weighted by Crippen LogP contribution is -2.31. The highest BCUT2D eigenvalue weighted by atomic mass is 16.5. The zero-order valence-electron chi connectivity index (χ0n) is 14.6. The van der Waals surface area contributed by atoms with Crippen molar-refractivity contribution in [1.29, 1.82) is 0 Å². The van der Waals surface area contributed by atoms with Crippen LogP contribution in [0.2, 0.25) is 0 Å². The molecule has 1 fully saturated rings. The average molecular weight is 372 g/mol. The fourth-order valence-corrected chi connectivity index (χ4v) is 3.35. The maximum atomic E-state index is 12.9. The molecule has 142 valence electrons. The van der Waals surface area contributed by atoms with Gasteiger partial charge in [0.05, 0.1) is 19.3 Å². The predicted molar refractivity (Wildman–Crippen MR) is 98.3 cm³/mol. The third-order valence-electron chi connectivity index (χ3n) is 4.65. The molecule has 10 heteroatoms. The van der Waals surface area contributed by atoms with Crippen LogP contribution in [-0.2, 0) is 11.3 Å². The molecule has 0 bridgehead atoms. The van der Waals surface area contributed by atoms with Crippen molar-refractivity contribution >= 4 is 22.8 Å². The van der Waals surface area contributed by atoms with Gasteiger partial charge >= 0.3 is 5.69 Å². The molecule has 4 heterocycles. The summed E-state index contributed by atoms with van der Waals surface area (Å²) in [7, 11) is 0. The Morgan fingerprint density at radius 2 is 2.15 bits per heavy atom. The van der Waals surface area contributed by atoms with Gasteiger partial charge in [0.2, 0.25) is 5.95 Å². The summed E-state index contributed by atoms with van der Waals surface area (Å²) in [6, 6.07) is 3.28. The van der Waals surface area contributed by atoms with E-state index in [0.29, 0.717) is 42.9 Å². The van der Waals surface area contributed by atoms with Crippen molar-refractivity contribution in [3.8, 4) is 0 Å². The molecule has 27 heavy (non-hydrogen) atoms. The number of aliphatic hydroxyl groups excluding tert-OH is 1. The van der Waals surface area contributed by atoms with E-state index in [1.165, 1.54) is 17.0 Å². The fraction of sp³-hybridized carbons (Fsp3) is 0.412. The van der Waals surface area contributed by atoms with Gasteiger partial charge < -0.3 is 20.1 Å². The van der Waals surface area contributed by atoms with Gasteiger partial charge in [0, 0.05) is 25.5 Å². The van der Waals surface area contributed by atoms with E-state index in [1.807, 2.05) is 0 Å². The minimum atomic E-state index is -0.291. The number of H-pyrrole nitrogens is 1. The van der Waals surface area contributed by atoms with Crippen LogP contribution < -0.4 is 16.6 Å². The highest BCUT2D eigenvalue weighted by Crippen LogP contribution is 2.24. The van der Waals surface area contributed by atoms with Crippen molar-refractivity contribution < 1.29 is 9.84 Å². The number of fused-ring (bicyclic) bond motifs is 1. The molecule has 0 saturated carbocycles. The molecule has 0 aliphatic carbocycles. The topological polar surface area (TPSA) is 127 Å². The van der Waals surface area contributed by atoms with Crippen LogP contribution in [0, 0.1) is 0 Å². The number of hydrogen-bond donors (Lipinski definition) is 3. The summed E-state index contributed by atoms with van der Waals surface area (Å²) < 4.78 is 8.52. The summed E-state index contributed by atoms with van der Waals surface area (Å²) >= 11 is 0. The van der Waals surface area contributed by atoms with Gasteiger partial charge in [-0.15, -0.1) is 0 Å². The zero-order valence-corrected chi connectivity index (χ0v) is 14.6. The summed E-state index contributed by atoms with van der Waals surface area (Å²) in [6.45, 7) is 1.17. The van der Waals surface area contributed by atoms with Crippen molar-refractivity contribution in [3.63, 3.8) is 0 Å². The van der Waals surface area contributed by atoms with Crippen LogP contribution in [0.25, 0.3) is 11.2 Å². The number of aliphatic hydroxyl groups is 1. The van der Waals surface area contributed by atoms with E-state index >= 15 is 0 Å². The quantitative estimate of drug-likeness (QED) is 0.590. The maximum absolute atomic E-state index is 12.9. The lowest BCUT2D eigenvalue weighted by molar-refractivity contribution is 0.0694. The van der Waals surface area contributed by atoms with Gasteiger partial charge in [0.25, 0.3) is 5.56 Å². The third-order valence-corrected chi connectivity index (χ3v) is 4.65. The molecule has 1 aliphatic rings. The highest BCUT2D eigenvalue weighted by Gasteiger charge is 2.24. The third kappa shape index (κ3) is 3.24. The number of aromatic amines is 1. The van der Waals surface area contributed by atoms with Crippen molar-refractivity contribution in [2.45, 2.75) is 25.4 Å². The number of imidazole rings is 1. The van der Waals surface area contributed by atoms with E-state index in [9.17, 15) is 14.7 Å². The number of aromatic nitrogens is 5. The lowest BCUT2D eigenvalue weighted by Gasteiger charge is -2.22. The van der Waals surface area contributed by atoms with Crippen LogP contribution in [0.4, 0.5) is 11.6 Å². The maximum Gasteiger partial charge on any atom is 0.330 e. The number of hydrogen-bond acceptors (Lipinski definition) is 7. The summed E-state index contributed by atoms with van der Waals surface area (Å²) in [6.07, 6.45) is 4.50. The summed E-state index contributed by atoms with van der Waals surface area (Å²) in [5.74, 6) is 0.223. The van der Waals surface area contributed by atoms with Gasteiger partial charge in [0.15, 0.2) is 5.65 Å². The number of pyridine rings is 1. The van der Waals surface area contributed by atoms with Crippen LogP contribution in [0.3, 0.4) is 0 Å². The Kier molecular flexibility index (Phi) is 4.73. The zero-order chi connectivity index (χ0) is 18.8. The highest BCUT2D eigenvalue weighted by molar-refractivity contribution is 5.73. The van der Waals surface area contributed by atoms with Crippen LogP contribution >= 0.6 is 0 Å². The fourth-order valence-electron chi connectivity index (χ4n) is 3.35. The first-order chi connectivity index (χ1) is 13.2. The molecule has 4 rings (SSSR count). The van der Waals surface area contributed by atoms with Crippen molar-refractivity contribution in [3.05, 3.63) is 45.4 Å². The van der Waals surface area contributed by atoms with Crippen LogP contribution in [0.15, 0.2) is 34.1 Å². The van der Waals surface area contributed by atoms with Crippen LogP contribution in [0.1, 0.15) is 18.9 Å². The average Bonchev–Trinajstić information content (AvgIpc) is 2.96. The second-order valence-electron chi connectivity index (χ2n) is 6.31. The SMILES string of the molecule is O=c1[nH]cccc1Nc1ncc2c(n1)n(C1CCOCC1)c(=O)n2CCO. The normalized spacial score (nSPS) is 15.3. The van der Waals surface area contributed by atoms with Crippen LogP contribution in [0.5, 0.6) is 0 Å². The molecule has 3 aromatic heterocycles. The Balaban J connectivity index is 1.82. The van der Waals surface area contributed by atoms with E-state index in [1.54, 1.807) is 16.7 Å². The summed E-state index contributed by atoms with van der Waals surface area (Å²) in [5, 5.41) is 12.2. The van der Waals surface area contributed by atoms with Gasteiger partial charge in [-0.25, -0.2) is 9.78 Å². The Hall–Kier alpha value is -2.98. The minimum absolute atomic E-state index is 0.0310. The number of anilines is 2. The van der Waals surface area contributed by atoms with E-state index in [4.69, 9.17) is 4.74 Å². The first kappa shape index (κ1) is 17.4. The lowest BCUT2D eigenvalue weighted by atomic mass is 10.1. The minimum Gasteiger partial charge on any atom is -0.395 e. The molecule has 1 saturated heterocycles. The number of nitrogens with zero attached hydrogens (tertiary/aromatic N) is 4. The molecular formula is C17H20N6O4. The Labute approximate surface area is 153 Å². The van der Waals surface area contributed by atoms with Gasteiger partial charge in [-0.3, -0.25) is 13.9 Å². The standard InChI is InChI=1S/C17H20N6O4/c24-7-6-22-13-10-19-16(20-12-2-1-5-18-15(12)25)21-14(13)23(17(22)26)11-3-8-27-9-4-11/h1-2,5,10-11,24H,3-4,6-9H2,(H,18,25)(H,19,20,21). The molecule has 0 atom stereocenters. The second-order valence-corrected chi connectivity index (χ2v) is 6.31. The van der Waals surface area contributed by atoms with Crippen molar-refractivity contribution in [2.75, 3.05) is 25.1 Å². The molecular weight excluding hydrogens is 352 g/mol. The van der Waals surface area contributed by atoms with E-state index < -0.39 is 0 Å². The Bertz CT molecular complexity index is 1060. The smallest absolute Gasteiger partial charge is 0.330 e. The Morgan fingerprint density at radius 3 is 2.89 bits per heavy atom. The van der Waals surface area contributed by atoms with E-state index in [-0.39, 0.29) is 36.4 Å². The summed E-state index contributed by atoms with van der Waals surface area (Å²) in [5.41, 5.74) is 0.820. The monoisotopic (exact) mass is 372 g/mol. The molecule has 1 aliphatic heterocycles. The molecule has 0 radical (unpaired) electrons. The first-order valence-electron chi connectivity index (χ1n) is 8.80. The molecule has 3 aromatic rings. The van der Waals surface area contributed by atoms with Crippen molar-refractivity contribution in [2.24, 2.45) is 0 Å². The molecule has 0 amide bonds. The summed E-state index contributed by atoms with van der Waals surface area (Å²) in [4.78, 5) is 36.1. The molecule has 0 aromatic carbocycles. The number of nitrogens with one attached hydrogen (secondary N) is 2. The number of rotatable bonds is 5. The van der Waals surface area contributed by atoms with Gasteiger partial charge in [-0.1, -0.05) is 0 Å². The van der Waals surface area contributed by atoms with Gasteiger partial charge in [-0.05, 0) is 25.0 Å².